The molecule has 0 nitrogen and oxygen atoms in total. The molecule has 18 heavy (non-hydrogen) atoms. The monoisotopic (exact) mass is 298 g/mol. The standard InChI is InChI=1S/C9H3ClF8/c10-4-1-2-5(6(11)3-4)7(12,8(13,14)15)9(16,17)18/h1-3H. The van der Waals surface area contributed by atoms with Gasteiger partial charge in [0.2, 0.25) is 0 Å². The summed E-state index contributed by atoms with van der Waals surface area (Å²) in [5, 5.41) is -0.456. The highest BCUT2D eigenvalue weighted by atomic mass is 35.5. The van der Waals surface area contributed by atoms with Gasteiger partial charge in [0.05, 0.1) is 0 Å². The number of halogens is 9. The first-order valence-electron chi connectivity index (χ1n) is 4.19. The van der Waals surface area contributed by atoms with Gasteiger partial charge in [0.1, 0.15) is 5.82 Å². The number of hydrogen-bond donors (Lipinski definition) is 0. The molecule has 0 aliphatic rings. The molecule has 1 aromatic rings. The molecule has 0 aliphatic carbocycles. The van der Waals surface area contributed by atoms with E-state index in [9.17, 15) is 35.1 Å². The summed E-state index contributed by atoms with van der Waals surface area (Å²) in [4.78, 5) is 0. The van der Waals surface area contributed by atoms with Gasteiger partial charge in [0.25, 0.3) is 0 Å². The van der Waals surface area contributed by atoms with Gasteiger partial charge in [-0.3, -0.25) is 0 Å². The van der Waals surface area contributed by atoms with Crippen LogP contribution in [0.25, 0.3) is 0 Å². The predicted octanol–water partition coefficient (Wildman–Crippen LogP) is 4.77. The van der Waals surface area contributed by atoms with Crippen LogP contribution in [0.2, 0.25) is 5.02 Å². The van der Waals surface area contributed by atoms with E-state index < -0.39 is 34.4 Å². The molecule has 0 unspecified atom stereocenters. The molecule has 0 aromatic heterocycles. The van der Waals surface area contributed by atoms with Crippen molar-refractivity contribution in [2.45, 2.75) is 18.0 Å². The molecule has 1 rings (SSSR count). The Morgan fingerprint density at radius 2 is 1.28 bits per heavy atom. The molecule has 0 aliphatic heterocycles. The van der Waals surface area contributed by atoms with Crippen molar-refractivity contribution < 1.29 is 35.1 Å². The van der Waals surface area contributed by atoms with Crippen molar-refractivity contribution in [1.82, 2.24) is 0 Å². The zero-order valence-electron chi connectivity index (χ0n) is 8.13. The van der Waals surface area contributed by atoms with E-state index in [1.54, 1.807) is 0 Å². The third kappa shape index (κ3) is 2.25. The highest BCUT2D eigenvalue weighted by Gasteiger charge is 2.74. The predicted molar refractivity (Wildman–Crippen MR) is 46.3 cm³/mol. The van der Waals surface area contributed by atoms with Crippen molar-refractivity contribution in [3.05, 3.63) is 34.6 Å². The molecule has 0 saturated carbocycles. The molecule has 102 valence electrons. The van der Waals surface area contributed by atoms with E-state index in [1.165, 1.54) is 0 Å². The summed E-state index contributed by atoms with van der Waals surface area (Å²) in [5.74, 6) is -2.03. The second-order valence-corrected chi connectivity index (χ2v) is 3.71. The first-order valence-corrected chi connectivity index (χ1v) is 4.57. The third-order valence-electron chi connectivity index (χ3n) is 2.08. The SMILES string of the molecule is Fc1cc(Cl)ccc1C(F)(C(F)(F)F)C(F)(F)F. The third-order valence-corrected chi connectivity index (χ3v) is 2.32. The molecular weight excluding hydrogens is 296 g/mol. The van der Waals surface area contributed by atoms with Crippen molar-refractivity contribution in [2.24, 2.45) is 0 Å². The quantitative estimate of drug-likeness (QED) is 0.655. The maximum absolute atomic E-state index is 13.4. The summed E-state index contributed by atoms with van der Waals surface area (Å²) < 4.78 is 100. The zero-order valence-corrected chi connectivity index (χ0v) is 8.89. The van der Waals surface area contributed by atoms with Gasteiger partial charge in [0, 0.05) is 10.6 Å². The first-order chi connectivity index (χ1) is 7.91. The molecular formula is C9H3ClF8. The number of alkyl halides is 7. The molecule has 0 amide bonds. The highest BCUT2D eigenvalue weighted by Crippen LogP contribution is 2.53. The van der Waals surface area contributed by atoms with E-state index in [0.29, 0.717) is 6.07 Å². The second kappa shape index (κ2) is 4.25. The largest absolute Gasteiger partial charge is 0.436 e. The molecule has 1 aromatic carbocycles. The van der Waals surface area contributed by atoms with Crippen LogP contribution in [0.4, 0.5) is 35.1 Å². The lowest BCUT2D eigenvalue weighted by Crippen LogP contribution is -2.50. The van der Waals surface area contributed by atoms with Gasteiger partial charge in [-0.1, -0.05) is 17.7 Å². The van der Waals surface area contributed by atoms with Crippen molar-refractivity contribution in [2.75, 3.05) is 0 Å². The van der Waals surface area contributed by atoms with Crippen LogP contribution < -0.4 is 0 Å². The fourth-order valence-electron chi connectivity index (χ4n) is 1.23. The molecule has 0 heterocycles. The maximum Gasteiger partial charge on any atom is 0.436 e. The van der Waals surface area contributed by atoms with E-state index >= 15 is 0 Å². The molecule has 0 radical (unpaired) electrons. The van der Waals surface area contributed by atoms with Crippen LogP contribution in [0, 0.1) is 5.82 Å². The van der Waals surface area contributed by atoms with Crippen LogP contribution in [-0.2, 0) is 5.67 Å². The second-order valence-electron chi connectivity index (χ2n) is 3.28. The van der Waals surface area contributed by atoms with Crippen LogP contribution in [0.5, 0.6) is 0 Å². The van der Waals surface area contributed by atoms with E-state index in [2.05, 4.69) is 0 Å². The lowest BCUT2D eigenvalue weighted by Gasteiger charge is -2.30. The highest BCUT2D eigenvalue weighted by molar-refractivity contribution is 6.30. The molecule has 0 atom stereocenters. The average molecular weight is 299 g/mol. The lowest BCUT2D eigenvalue weighted by atomic mass is 9.94. The number of benzene rings is 1. The zero-order chi connectivity index (χ0) is 14.4. The average Bonchev–Trinajstić information content (AvgIpc) is 2.12. The summed E-state index contributed by atoms with van der Waals surface area (Å²) >= 11 is 5.17. The summed E-state index contributed by atoms with van der Waals surface area (Å²) in [6.07, 6.45) is -12.7. The molecule has 9 heteroatoms. The fourth-order valence-corrected chi connectivity index (χ4v) is 1.39. The van der Waals surface area contributed by atoms with Crippen LogP contribution in [-0.4, -0.2) is 12.4 Å². The van der Waals surface area contributed by atoms with Crippen LogP contribution in [0.3, 0.4) is 0 Å². The minimum atomic E-state index is -6.35. The Labute approximate surface area is 100 Å². The van der Waals surface area contributed by atoms with Crippen molar-refractivity contribution >= 4 is 11.6 Å². The van der Waals surface area contributed by atoms with Gasteiger partial charge >= 0.3 is 18.0 Å². The molecule has 0 spiro atoms. The molecule has 0 fully saturated rings. The van der Waals surface area contributed by atoms with Gasteiger partial charge in [-0.25, -0.2) is 8.78 Å². The van der Waals surface area contributed by atoms with Crippen molar-refractivity contribution in [3.63, 3.8) is 0 Å². The smallest absolute Gasteiger partial charge is 0.218 e. The van der Waals surface area contributed by atoms with E-state index in [-0.39, 0.29) is 12.1 Å². The Morgan fingerprint density at radius 3 is 1.61 bits per heavy atom. The number of hydrogen-bond acceptors (Lipinski definition) is 0. The Bertz CT molecular complexity index is 433. The van der Waals surface area contributed by atoms with Crippen LogP contribution in [0.1, 0.15) is 5.56 Å². The van der Waals surface area contributed by atoms with Gasteiger partial charge in [-0.05, 0) is 12.1 Å². The van der Waals surface area contributed by atoms with Crippen molar-refractivity contribution in [1.29, 1.82) is 0 Å². The van der Waals surface area contributed by atoms with E-state index in [4.69, 9.17) is 11.6 Å². The van der Waals surface area contributed by atoms with Gasteiger partial charge < -0.3 is 0 Å². The fraction of sp³-hybridized carbons (Fsp3) is 0.333. The van der Waals surface area contributed by atoms with Gasteiger partial charge in [-0.15, -0.1) is 0 Å². The normalized spacial score (nSPS) is 13.8. The summed E-state index contributed by atoms with van der Waals surface area (Å²) in [6.45, 7) is 0. The first kappa shape index (κ1) is 15.0. The molecule has 0 saturated heterocycles. The van der Waals surface area contributed by atoms with E-state index in [0.717, 1.165) is 0 Å². The van der Waals surface area contributed by atoms with Crippen LogP contribution in [0.15, 0.2) is 18.2 Å². The Balaban J connectivity index is 3.56. The van der Waals surface area contributed by atoms with E-state index in [1.807, 2.05) is 0 Å². The Kier molecular flexibility index (Phi) is 3.55. The Hall–Kier alpha value is -1.05. The van der Waals surface area contributed by atoms with Crippen LogP contribution >= 0.6 is 11.6 Å². The van der Waals surface area contributed by atoms with Gasteiger partial charge in [-0.2, -0.15) is 26.3 Å². The summed E-state index contributed by atoms with van der Waals surface area (Å²) in [7, 11) is 0. The minimum Gasteiger partial charge on any atom is -0.218 e. The summed E-state index contributed by atoms with van der Waals surface area (Å²) in [5.41, 5.74) is -7.96. The Morgan fingerprint density at radius 1 is 0.833 bits per heavy atom. The maximum atomic E-state index is 13.4. The number of rotatable bonds is 1. The summed E-state index contributed by atoms with van der Waals surface area (Å²) in [6, 6.07) is 0.715. The van der Waals surface area contributed by atoms with Crippen molar-refractivity contribution in [3.8, 4) is 0 Å². The lowest BCUT2D eigenvalue weighted by molar-refractivity contribution is -0.349. The van der Waals surface area contributed by atoms with Gasteiger partial charge in [0.15, 0.2) is 0 Å². The minimum absolute atomic E-state index is 0.0125. The molecule has 0 bridgehead atoms. The molecule has 0 N–H and O–H groups in total. The topological polar surface area (TPSA) is 0 Å².